The molecular formula is C13H27N3O2S. The molecule has 0 aromatic carbocycles. The van der Waals surface area contributed by atoms with E-state index in [1.165, 1.54) is 30.0 Å². The molecule has 1 aliphatic heterocycles. The van der Waals surface area contributed by atoms with Crippen LogP contribution in [0.5, 0.6) is 0 Å². The van der Waals surface area contributed by atoms with Gasteiger partial charge in [0.1, 0.15) is 0 Å². The summed E-state index contributed by atoms with van der Waals surface area (Å²) in [5, 5.41) is 0. The van der Waals surface area contributed by atoms with Crippen molar-refractivity contribution in [1.29, 1.82) is 0 Å². The quantitative estimate of drug-likeness (QED) is 0.798. The average Bonchev–Trinajstić information content (AvgIpc) is 3.04. The van der Waals surface area contributed by atoms with Gasteiger partial charge in [-0.15, -0.1) is 0 Å². The minimum Gasteiger partial charge on any atom is -0.330 e. The predicted octanol–water partition coefficient (Wildman–Crippen LogP) is 1.17. The summed E-state index contributed by atoms with van der Waals surface area (Å²) in [4.78, 5) is 0. The zero-order chi connectivity index (χ0) is 13.9. The van der Waals surface area contributed by atoms with E-state index in [9.17, 15) is 8.42 Å². The highest BCUT2D eigenvalue weighted by Crippen LogP contribution is 2.37. The second kappa shape index (κ2) is 6.52. The Kier molecular flexibility index (Phi) is 5.22. The molecule has 2 fully saturated rings. The Balaban J connectivity index is 2.05. The first kappa shape index (κ1) is 15.2. The summed E-state index contributed by atoms with van der Waals surface area (Å²) in [5.74, 6) is 0.584. The Morgan fingerprint density at radius 3 is 2.53 bits per heavy atom. The second-order valence-corrected chi connectivity index (χ2v) is 7.82. The van der Waals surface area contributed by atoms with E-state index in [0.717, 1.165) is 19.3 Å². The van der Waals surface area contributed by atoms with E-state index >= 15 is 0 Å². The van der Waals surface area contributed by atoms with Crippen LogP contribution in [0.25, 0.3) is 0 Å². The lowest BCUT2D eigenvalue weighted by Crippen LogP contribution is -2.46. The van der Waals surface area contributed by atoms with Crippen molar-refractivity contribution in [2.45, 2.75) is 51.0 Å². The van der Waals surface area contributed by atoms with Crippen molar-refractivity contribution in [2.24, 2.45) is 11.7 Å². The van der Waals surface area contributed by atoms with E-state index in [-0.39, 0.29) is 6.04 Å². The van der Waals surface area contributed by atoms with Gasteiger partial charge in [0.2, 0.25) is 0 Å². The summed E-state index contributed by atoms with van der Waals surface area (Å²) in [5.41, 5.74) is 5.47. The van der Waals surface area contributed by atoms with Crippen molar-refractivity contribution in [1.82, 2.24) is 8.61 Å². The van der Waals surface area contributed by atoms with Crippen molar-refractivity contribution in [3.63, 3.8) is 0 Å². The van der Waals surface area contributed by atoms with Gasteiger partial charge in [0.25, 0.3) is 10.2 Å². The highest BCUT2D eigenvalue weighted by Gasteiger charge is 2.40. The van der Waals surface area contributed by atoms with Gasteiger partial charge < -0.3 is 5.73 Å². The fourth-order valence-corrected chi connectivity index (χ4v) is 5.17. The number of nitrogens with two attached hydrogens (primary N) is 1. The zero-order valence-electron chi connectivity index (χ0n) is 11.9. The Morgan fingerprint density at radius 1 is 1.21 bits per heavy atom. The van der Waals surface area contributed by atoms with Crippen molar-refractivity contribution >= 4 is 10.2 Å². The summed E-state index contributed by atoms with van der Waals surface area (Å²) in [6.07, 6.45) is 7.68. The van der Waals surface area contributed by atoms with E-state index in [2.05, 4.69) is 0 Å². The van der Waals surface area contributed by atoms with Crippen LogP contribution in [0.2, 0.25) is 0 Å². The molecule has 1 atom stereocenters. The topological polar surface area (TPSA) is 66.6 Å². The van der Waals surface area contributed by atoms with Gasteiger partial charge >= 0.3 is 0 Å². The largest absolute Gasteiger partial charge is 0.330 e. The third-order valence-electron chi connectivity index (χ3n) is 4.56. The molecule has 6 heteroatoms. The molecule has 2 aliphatic rings. The summed E-state index contributed by atoms with van der Waals surface area (Å²) in [6.45, 7) is 1.75. The molecule has 1 saturated heterocycles. The smallest absolute Gasteiger partial charge is 0.281 e. The Morgan fingerprint density at radius 2 is 1.89 bits per heavy atom. The first-order valence-corrected chi connectivity index (χ1v) is 8.90. The standard InChI is InChI=1S/C13H27N3O2S/c1-15(10-5-9-14)19(17,18)16-11-4-8-13(16)12-6-2-3-7-12/h12-13H,2-11,14H2,1H3. The van der Waals surface area contributed by atoms with Crippen LogP contribution in [0.1, 0.15) is 44.9 Å². The zero-order valence-corrected chi connectivity index (χ0v) is 12.7. The van der Waals surface area contributed by atoms with E-state index in [1.54, 1.807) is 11.4 Å². The van der Waals surface area contributed by atoms with Gasteiger partial charge in [-0.1, -0.05) is 12.8 Å². The molecule has 1 unspecified atom stereocenters. The molecule has 2 N–H and O–H groups in total. The van der Waals surface area contributed by atoms with Gasteiger partial charge in [-0.05, 0) is 44.6 Å². The fraction of sp³-hybridized carbons (Fsp3) is 1.00. The Bertz CT molecular complexity index is 379. The van der Waals surface area contributed by atoms with Crippen LogP contribution in [0.15, 0.2) is 0 Å². The third kappa shape index (κ3) is 3.29. The molecular weight excluding hydrogens is 262 g/mol. The molecule has 1 aliphatic carbocycles. The summed E-state index contributed by atoms with van der Waals surface area (Å²) < 4.78 is 28.5. The minimum absolute atomic E-state index is 0.243. The van der Waals surface area contributed by atoms with Gasteiger partial charge in [0.05, 0.1) is 0 Å². The van der Waals surface area contributed by atoms with Crippen LogP contribution in [0, 0.1) is 5.92 Å². The van der Waals surface area contributed by atoms with Crippen molar-refractivity contribution < 1.29 is 8.42 Å². The highest BCUT2D eigenvalue weighted by atomic mass is 32.2. The number of nitrogens with zero attached hydrogens (tertiary/aromatic N) is 2. The van der Waals surface area contributed by atoms with Crippen LogP contribution in [0.4, 0.5) is 0 Å². The maximum Gasteiger partial charge on any atom is 0.281 e. The van der Waals surface area contributed by atoms with Crippen LogP contribution in [-0.4, -0.2) is 49.8 Å². The molecule has 0 spiro atoms. The SMILES string of the molecule is CN(CCCN)S(=O)(=O)N1CCCC1C1CCCC1. The van der Waals surface area contributed by atoms with Crippen LogP contribution in [-0.2, 0) is 10.2 Å². The molecule has 2 rings (SSSR count). The fourth-order valence-electron chi connectivity index (χ4n) is 3.47. The van der Waals surface area contributed by atoms with Crippen molar-refractivity contribution in [2.75, 3.05) is 26.7 Å². The van der Waals surface area contributed by atoms with Crippen molar-refractivity contribution in [3.8, 4) is 0 Å². The monoisotopic (exact) mass is 289 g/mol. The van der Waals surface area contributed by atoms with Crippen LogP contribution in [0.3, 0.4) is 0 Å². The summed E-state index contributed by atoms with van der Waals surface area (Å²) in [7, 11) is -1.61. The number of hydrogen-bond donors (Lipinski definition) is 1. The maximum absolute atomic E-state index is 12.6. The van der Waals surface area contributed by atoms with Crippen LogP contribution < -0.4 is 5.73 Å². The van der Waals surface area contributed by atoms with E-state index in [0.29, 0.717) is 25.6 Å². The molecule has 0 aromatic heterocycles. The first-order valence-electron chi connectivity index (χ1n) is 7.50. The summed E-state index contributed by atoms with van der Waals surface area (Å²) in [6, 6.07) is 0.243. The molecule has 0 aromatic rings. The maximum atomic E-state index is 12.6. The van der Waals surface area contributed by atoms with Crippen LogP contribution >= 0.6 is 0 Å². The molecule has 112 valence electrons. The molecule has 5 nitrogen and oxygen atoms in total. The Hall–Kier alpha value is -0.170. The lowest BCUT2D eigenvalue weighted by Gasteiger charge is -2.32. The third-order valence-corrected chi connectivity index (χ3v) is 6.58. The average molecular weight is 289 g/mol. The number of rotatable bonds is 6. The lowest BCUT2D eigenvalue weighted by atomic mass is 9.97. The molecule has 0 amide bonds. The molecule has 19 heavy (non-hydrogen) atoms. The highest BCUT2D eigenvalue weighted by molar-refractivity contribution is 7.86. The molecule has 1 saturated carbocycles. The molecule has 0 radical (unpaired) electrons. The number of hydrogen-bond acceptors (Lipinski definition) is 3. The van der Waals surface area contributed by atoms with E-state index in [1.807, 2.05) is 0 Å². The Labute approximate surface area is 117 Å². The van der Waals surface area contributed by atoms with Gasteiger partial charge in [-0.3, -0.25) is 0 Å². The summed E-state index contributed by atoms with van der Waals surface area (Å²) >= 11 is 0. The van der Waals surface area contributed by atoms with Gasteiger partial charge in [0, 0.05) is 26.2 Å². The van der Waals surface area contributed by atoms with Gasteiger partial charge in [-0.2, -0.15) is 17.0 Å². The van der Waals surface area contributed by atoms with Gasteiger partial charge in [0.15, 0.2) is 0 Å². The van der Waals surface area contributed by atoms with E-state index < -0.39 is 10.2 Å². The van der Waals surface area contributed by atoms with Gasteiger partial charge in [-0.25, -0.2) is 0 Å². The molecule has 1 heterocycles. The normalized spacial score (nSPS) is 26.6. The van der Waals surface area contributed by atoms with E-state index in [4.69, 9.17) is 5.73 Å². The minimum atomic E-state index is -3.29. The van der Waals surface area contributed by atoms with Crippen molar-refractivity contribution in [3.05, 3.63) is 0 Å². The first-order chi connectivity index (χ1) is 9.07. The predicted molar refractivity (Wildman–Crippen MR) is 76.9 cm³/mol. The molecule has 0 bridgehead atoms. The second-order valence-electron chi connectivity index (χ2n) is 5.84. The lowest BCUT2D eigenvalue weighted by molar-refractivity contribution is 0.270.